The van der Waals surface area contributed by atoms with Crippen LogP contribution >= 0.6 is 24.0 Å². The number of carbonyl (C=O) groups excluding carboxylic acids is 1. The van der Waals surface area contributed by atoms with Crippen LogP contribution in [0.25, 0.3) is 0 Å². The molecule has 0 fully saturated rings. The molecule has 24 heavy (non-hydrogen) atoms. The Kier molecular flexibility index (Phi) is 8.09. The lowest BCUT2D eigenvalue weighted by atomic mass is 9.99. The maximum atomic E-state index is 12.0. The molecule has 0 saturated carbocycles. The fraction of sp³-hybridized carbons (Fsp3) is 0.562. The molecule has 0 aromatic heterocycles. The predicted molar refractivity (Wildman–Crippen MR) is 95.1 cm³/mol. The van der Waals surface area contributed by atoms with Gasteiger partial charge in [0.2, 0.25) is 5.91 Å². The van der Waals surface area contributed by atoms with E-state index in [2.05, 4.69) is 5.32 Å². The van der Waals surface area contributed by atoms with Crippen LogP contribution in [-0.2, 0) is 4.79 Å². The van der Waals surface area contributed by atoms with Crippen molar-refractivity contribution in [3.63, 3.8) is 0 Å². The van der Waals surface area contributed by atoms with E-state index in [9.17, 15) is 9.90 Å². The van der Waals surface area contributed by atoms with Crippen molar-refractivity contribution in [2.24, 2.45) is 11.7 Å². The molecule has 4 N–H and O–H groups in total. The number of hydrogen-bond donors (Lipinski definition) is 3. The van der Waals surface area contributed by atoms with Crippen LogP contribution in [0.3, 0.4) is 0 Å². The minimum Gasteiger partial charge on any atom is -0.486 e. The van der Waals surface area contributed by atoms with Gasteiger partial charge in [0.1, 0.15) is 13.2 Å². The van der Waals surface area contributed by atoms with E-state index >= 15 is 0 Å². The van der Waals surface area contributed by atoms with Gasteiger partial charge >= 0.3 is 0 Å². The molecule has 1 heterocycles. The molecular weight excluding hydrogens is 355 g/mol. The van der Waals surface area contributed by atoms with Gasteiger partial charge in [0.25, 0.3) is 0 Å². The summed E-state index contributed by atoms with van der Waals surface area (Å²) < 4.78 is 10.9. The van der Waals surface area contributed by atoms with Crippen molar-refractivity contribution in [3.8, 4) is 11.5 Å². The van der Waals surface area contributed by atoms with Gasteiger partial charge in [-0.15, -0.1) is 12.4 Å². The molecule has 3 atom stereocenters. The minimum atomic E-state index is -0.906. The molecule has 1 aliphatic heterocycles. The van der Waals surface area contributed by atoms with Gasteiger partial charge < -0.3 is 25.6 Å². The van der Waals surface area contributed by atoms with Crippen molar-refractivity contribution in [3.05, 3.63) is 22.7 Å². The number of aliphatic hydroxyl groups excluding tert-OH is 1. The number of hydrogen-bond acceptors (Lipinski definition) is 5. The number of aliphatic hydroxyl groups is 1. The van der Waals surface area contributed by atoms with Gasteiger partial charge in [-0.05, 0) is 23.6 Å². The highest BCUT2D eigenvalue weighted by molar-refractivity contribution is 6.32. The maximum absolute atomic E-state index is 12.0. The Labute approximate surface area is 153 Å². The third-order valence-electron chi connectivity index (χ3n) is 4.03. The highest BCUT2D eigenvalue weighted by Gasteiger charge is 2.22. The lowest BCUT2D eigenvalue weighted by molar-refractivity contribution is -0.123. The van der Waals surface area contributed by atoms with Crippen molar-refractivity contribution in [2.45, 2.75) is 32.4 Å². The topological polar surface area (TPSA) is 93.8 Å². The number of nitrogens with one attached hydrogen (secondary N) is 1. The van der Waals surface area contributed by atoms with E-state index in [0.29, 0.717) is 35.3 Å². The van der Waals surface area contributed by atoms with Crippen molar-refractivity contribution in [1.29, 1.82) is 0 Å². The highest BCUT2D eigenvalue weighted by Crippen LogP contribution is 2.39. The van der Waals surface area contributed by atoms with E-state index in [0.717, 1.165) is 6.42 Å². The largest absolute Gasteiger partial charge is 0.486 e. The molecule has 8 heteroatoms. The summed E-state index contributed by atoms with van der Waals surface area (Å²) in [5.41, 5.74) is 6.41. The third kappa shape index (κ3) is 4.89. The molecule has 0 radical (unpaired) electrons. The summed E-state index contributed by atoms with van der Waals surface area (Å²) in [7, 11) is 0. The normalized spacial score (nSPS) is 16.5. The Hall–Kier alpha value is -1.21. The third-order valence-corrected chi connectivity index (χ3v) is 4.31. The maximum Gasteiger partial charge on any atom is 0.237 e. The van der Waals surface area contributed by atoms with E-state index < -0.39 is 12.1 Å². The van der Waals surface area contributed by atoms with Crippen LogP contribution in [0, 0.1) is 5.92 Å². The van der Waals surface area contributed by atoms with Gasteiger partial charge in [0.05, 0.1) is 17.2 Å². The Balaban J connectivity index is 0.00000288. The zero-order valence-electron chi connectivity index (χ0n) is 13.8. The highest BCUT2D eigenvalue weighted by atomic mass is 35.5. The van der Waals surface area contributed by atoms with E-state index in [4.69, 9.17) is 26.8 Å². The van der Waals surface area contributed by atoms with Gasteiger partial charge in [-0.1, -0.05) is 31.9 Å². The molecule has 1 aliphatic rings. The zero-order valence-corrected chi connectivity index (χ0v) is 15.3. The molecular formula is C16H24Cl2N2O4. The summed E-state index contributed by atoms with van der Waals surface area (Å²) >= 11 is 6.14. The van der Waals surface area contributed by atoms with E-state index in [-0.39, 0.29) is 30.8 Å². The number of benzene rings is 1. The van der Waals surface area contributed by atoms with Gasteiger partial charge in [-0.2, -0.15) is 0 Å². The number of ether oxygens (including phenoxy) is 2. The SMILES string of the molecule is CCC(C)C(N)C(=O)NCC(O)c1cc(Cl)c2c(c1)OCCO2.Cl. The molecule has 3 unspecified atom stereocenters. The van der Waals surface area contributed by atoms with Crippen LogP contribution < -0.4 is 20.5 Å². The lowest BCUT2D eigenvalue weighted by Crippen LogP contribution is -2.45. The molecule has 1 amide bonds. The summed E-state index contributed by atoms with van der Waals surface area (Å²) in [6.45, 7) is 4.82. The van der Waals surface area contributed by atoms with Crippen molar-refractivity contribution in [1.82, 2.24) is 5.32 Å². The first-order chi connectivity index (χ1) is 10.9. The molecule has 0 bridgehead atoms. The molecule has 1 aromatic carbocycles. The summed E-state index contributed by atoms with van der Waals surface area (Å²) in [4.78, 5) is 12.0. The standard InChI is InChI=1S/C16H23ClN2O4.ClH/c1-3-9(2)14(18)16(21)19-8-12(20)10-6-11(17)15-13(7-10)22-4-5-23-15;/h6-7,9,12,14,20H,3-5,8,18H2,1-2H3,(H,19,21);1H. The van der Waals surface area contributed by atoms with Gasteiger partial charge in [0.15, 0.2) is 11.5 Å². The van der Waals surface area contributed by atoms with E-state index in [1.165, 1.54) is 0 Å². The second-order valence-electron chi connectivity index (χ2n) is 5.70. The number of rotatable bonds is 6. The van der Waals surface area contributed by atoms with E-state index in [1.807, 2.05) is 13.8 Å². The Morgan fingerprint density at radius 3 is 2.75 bits per heavy atom. The lowest BCUT2D eigenvalue weighted by Gasteiger charge is -2.22. The Bertz CT molecular complexity index is 571. The summed E-state index contributed by atoms with van der Waals surface area (Å²) in [5, 5.41) is 13.3. The van der Waals surface area contributed by atoms with Crippen LogP contribution in [-0.4, -0.2) is 36.8 Å². The smallest absolute Gasteiger partial charge is 0.237 e. The molecule has 0 aliphatic carbocycles. The molecule has 6 nitrogen and oxygen atoms in total. The first-order valence-corrected chi connectivity index (χ1v) is 8.12. The van der Waals surface area contributed by atoms with Gasteiger partial charge in [-0.3, -0.25) is 4.79 Å². The van der Waals surface area contributed by atoms with Crippen LogP contribution in [0.15, 0.2) is 12.1 Å². The monoisotopic (exact) mass is 378 g/mol. The van der Waals surface area contributed by atoms with Gasteiger partial charge in [0, 0.05) is 6.54 Å². The quantitative estimate of drug-likeness (QED) is 0.704. The molecule has 2 rings (SSSR count). The molecule has 1 aromatic rings. The molecule has 136 valence electrons. The molecule has 0 spiro atoms. The Morgan fingerprint density at radius 1 is 1.42 bits per heavy atom. The number of amides is 1. The predicted octanol–water partition coefficient (Wildman–Crippen LogP) is 2.06. The van der Waals surface area contributed by atoms with Crippen molar-refractivity contribution >= 4 is 29.9 Å². The van der Waals surface area contributed by atoms with Crippen molar-refractivity contribution < 1.29 is 19.4 Å². The van der Waals surface area contributed by atoms with Crippen LogP contribution in [0.5, 0.6) is 11.5 Å². The van der Waals surface area contributed by atoms with Crippen molar-refractivity contribution in [2.75, 3.05) is 19.8 Å². The van der Waals surface area contributed by atoms with Crippen LogP contribution in [0.4, 0.5) is 0 Å². The second kappa shape index (κ2) is 9.32. The first kappa shape index (κ1) is 20.8. The fourth-order valence-corrected chi connectivity index (χ4v) is 2.54. The number of fused-ring (bicyclic) bond motifs is 1. The van der Waals surface area contributed by atoms with Crippen LogP contribution in [0.2, 0.25) is 5.02 Å². The average Bonchev–Trinajstić information content (AvgIpc) is 2.57. The summed E-state index contributed by atoms with van der Waals surface area (Å²) in [5.74, 6) is 0.787. The minimum absolute atomic E-state index is 0. The average molecular weight is 379 g/mol. The number of carbonyl (C=O) groups is 1. The first-order valence-electron chi connectivity index (χ1n) is 7.74. The number of nitrogens with two attached hydrogens (primary N) is 1. The van der Waals surface area contributed by atoms with E-state index in [1.54, 1.807) is 12.1 Å². The fourth-order valence-electron chi connectivity index (χ4n) is 2.27. The Morgan fingerprint density at radius 2 is 2.08 bits per heavy atom. The number of halogens is 2. The summed E-state index contributed by atoms with van der Waals surface area (Å²) in [6.07, 6.45) is -0.0917. The summed E-state index contributed by atoms with van der Waals surface area (Å²) in [6, 6.07) is 2.70. The second-order valence-corrected chi connectivity index (χ2v) is 6.11. The molecule has 0 saturated heterocycles. The van der Waals surface area contributed by atoms with Crippen LogP contribution in [0.1, 0.15) is 31.9 Å². The van der Waals surface area contributed by atoms with Gasteiger partial charge in [-0.25, -0.2) is 0 Å². The zero-order chi connectivity index (χ0) is 17.0.